The number of hydrogen-bond donors (Lipinski definition) is 0. The van der Waals surface area contributed by atoms with Crippen LogP contribution >= 0.6 is 0 Å². The first-order chi connectivity index (χ1) is 5.86. The van der Waals surface area contributed by atoms with Crippen LogP contribution in [0.1, 0.15) is 25.7 Å². The van der Waals surface area contributed by atoms with Crippen molar-refractivity contribution in [3.63, 3.8) is 0 Å². The zero-order valence-electron chi connectivity index (χ0n) is 7.33. The fourth-order valence-corrected chi connectivity index (χ4v) is 1.79. The fourth-order valence-electron chi connectivity index (χ4n) is 1.79. The molecule has 0 spiro atoms. The maximum atomic E-state index is 11.1. The molecular formula is C9H15N2O. The molecule has 0 aromatic heterocycles. The Hall–Kier alpha value is -0.730. The van der Waals surface area contributed by atoms with E-state index in [1.807, 2.05) is 4.90 Å². The van der Waals surface area contributed by atoms with Crippen LogP contribution in [0.4, 0.5) is 4.79 Å². The van der Waals surface area contributed by atoms with E-state index in [4.69, 9.17) is 0 Å². The quantitative estimate of drug-likeness (QED) is 0.622. The third-order valence-electron chi connectivity index (χ3n) is 2.92. The molecule has 2 aliphatic rings. The number of amides is 2. The number of hydrogen-bond acceptors (Lipinski definition) is 1. The van der Waals surface area contributed by atoms with Gasteiger partial charge in [-0.3, -0.25) is 0 Å². The number of nitrogens with zero attached hydrogens (tertiary/aromatic N) is 2. The van der Waals surface area contributed by atoms with Crippen LogP contribution in [-0.4, -0.2) is 30.6 Å². The molecule has 0 atom stereocenters. The lowest BCUT2D eigenvalue weighted by Gasteiger charge is -2.26. The summed E-state index contributed by atoms with van der Waals surface area (Å²) in [6.07, 6.45) is 5.34. The molecule has 1 aliphatic carbocycles. The number of urea groups is 1. The Morgan fingerprint density at radius 3 is 2.83 bits per heavy atom. The zero-order chi connectivity index (χ0) is 8.39. The van der Waals surface area contributed by atoms with E-state index in [1.165, 1.54) is 25.7 Å². The Morgan fingerprint density at radius 1 is 1.50 bits per heavy atom. The van der Waals surface area contributed by atoms with Crippen molar-refractivity contribution < 1.29 is 4.79 Å². The largest absolute Gasteiger partial charge is 0.339 e. The highest BCUT2D eigenvalue weighted by molar-refractivity contribution is 5.75. The minimum atomic E-state index is 0.00863. The summed E-state index contributed by atoms with van der Waals surface area (Å²) in [5.74, 6) is 0.901. The Morgan fingerprint density at radius 2 is 2.33 bits per heavy atom. The third kappa shape index (κ3) is 1.54. The van der Waals surface area contributed by atoms with Crippen LogP contribution < -0.4 is 5.32 Å². The average molecular weight is 167 g/mol. The van der Waals surface area contributed by atoms with Crippen molar-refractivity contribution in [3.05, 3.63) is 0 Å². The molecule has 0 unspecified atom stereocenters. The van der Waals surface area contributed by atoms with Gasteiger partial charge >= 0.3 is 6.03 Å². The summed E-state index contributed by atoms with van der Waals surface area (Å²) in [4.78, 5) is 12.9. The van der Waals surface area contributed by atoms with Crippen LogP contribution in [0, 0.1) is 5.92 Å². The second kappa shape index (κ2) is 3.33. The molecule has 2 fully saturated rings. The smallest absolute Gasteiger partial charge is 0.321 e. The van der Waals surface area contributed by atoms with E-state index in [9.17, 15) is 4.79 Å². The highest BCUT2D eigenvalue weighted by Crippen LogP contribution is 2.29. The van der Waals surface area contributed by atoms with Gasteiger partial charge in [-0.15, -0.1) is 0 Å². The van der Waals surface area contributed by atoms with Crippen molar-refractivity contribution in [1.29, 1.82) is 0 Å². The number of carbonyl (C=O) groups is 1. The third-order valence-corrected chi connectivity index (χ3v) is 2.92. The first-order valence-corrected chi connectivity index (χ1v) is 4.82. The summed E-state index contributed by atoms with van der Waals surface area (Å²) < 4.78 is 0. The monoisotopic (exact) mass is 167 g/mol. The lowest BCUT2D eigenvalue weighted by atomic mass is 9.83. The van der Waals surface area contributed by atoms with Crippen molar-refractivity contribution in [2.24, 2.45) is 5.92 Å². The van der Waals surface area contributed by atoms with Gasteiger partial charge in [0.2, 0.25) is 0 Å². The maximum absolute atomic E-state index is 11.1. The van der Waals surface area contributed by atoms with Gasteiger partial charge in [0.1, 0.15) is 0 Å². The maximum Gasteiger partial charge on any atom is 0.339 e. The lowest BCUT2D eigenvalue weighted by Crippen LogP contribution is -2.29. The summed E-state index contributed by atoms with van der Waals surface area (Å²) in [5.41, 5.74) is 0. The van der Waals surface area contributed by atoms with Crippen LogP contribution in [0.5, 0.6) is 0 Å². The van der Waals surface area contributed by atoms with E-state index in [2.05, 4.69) is 5.32 Å². The van der Waals surface area contributed by atoms with E-state index < -0.39 is 0 Å². The van der Waals surface area contributed by atoms with Gasteiger partial charge in [-0.05, 0) is 12.3 Å². The lowest BCUT2D eigenvalue weighted by molar-refractivity contribution is 0.204. The van der Waals surface area contributed by atoms with Crippen molar-refractivity contribution >= 4 is 6.03 Å². The molecule has 1 saturated carbocycles. The average Bonchev–Trinajstić information content (AvgIpc) is 2.33. The predicted molar refractivity (Wildman–Crippen MR) is 45.9 cm³/mol. The van der Waals surface area contributed by atoms with Crippen LogP contribution in [0.2, 0.25) is 0 Å². The summed E-state index contributed by atoms with van der Waals surface area (Å²) >= 11 is 0. The Balaban J connectivity index is 1.68. The Bertz CT molecular complexity index is 177. The highest BCUT2D eigenvalue weighted by atomic mass is 16.2. The van der Waals surface area contributed by atoms with Gasteiger partial charge in [0.05, 0.1) is 6.54 Å². The predicted octanol–water partition coefficient (Wildman–Crippen LogP) is 1.22. The Labute approximate surface area is 73.1 Å². The van der Waals surface area contributed by atoms with Crippen molar-refractivity contribution in [2.75, 3.05) is 19.6 Å². The molecule has 1 heterocycles. The first kappa shape index (κ1) is 7.90. The molecule has 1 saturated heterocycles. The second-order valence-electron chi connectivity index (χ2n) is 3.74. The standard InChI is InChI=1S/C9H15N2O/c12-9-10-5-7-11(9)6-4-8-2-1-3-8/h8H,1-7H2. The zero-order valence-corrected chi connectivity index (χ0v) is 7.33. The number of rotatable bonds is 3. The van der Waals surface area contributed by atoms with E-state index in [1.54, 1.807) is 0 Å². The molecule has 3 nitrogen and oxygen atoms in total. The van der Waals surface area contributed by atoms with Crippen LogP contribution in [-0.2, 0) is 0 Å². The van der Waals surface area contributed by atoms with Gasteiger partial charge < -0.3 is 4.90 Å². The van der Waals surface area contributed by atoms with Crippen molar-refractivity contribution in [2.45, 2.75) is 25.7 Å². The molecule has 12 heavy (non-hydrogen) atoms. The summed E-state index contributed by atoms with van der Waals surface area (Å²) in [5, 5.41) is 3.83. The van der Waals surface area contributed by atoms with Gasteiger partial charge in [-0.1, -0.05) is 19.3 Å². The summed E-state index contributed by atoms with van der Waals surface area (Å²) in [7, 11) is 0. The molecule has 2 rings (SSSR count). The fraction of sp³-hybridized carbons (Fsp3) is 0.889. The molecule has 3 heteroatoms. The molecule has 67 valence electrons. The molecule has 1 aliphatic heterocycles. The van der Waals surface area contributed by atoms with Gasteiger partial charge in [-0.25, -0.2) is 10.1 Å². The Kier molecular flexibility index (Phi) is 2.19. The van der Waals surface area contributed by atoms with Crippen LogP contribution in [0.15, 0.2) is 0 Å². The molecule has 0 aromatic carbocycles. The van der Waals surface area contributed by atoms with Crippen molar-refractivity contribution in [1.82, 2.24) is 10.2 Å². The van der Waals surface area contributed by atoms with Crippen LogP contribution in [0.3, 0.4) is 0 Å². The molecule has 0 N–H and O–H groups in total. The summed E-state index contributed by atoms with van der Waals surface area (Å²) in [6.45, 7) is 2.50. The van der Waals surface area contributed by atoms with Gasteiger partial charge in [0, 0.05) is 13.1 Å². The normalized spacial score (nSPS) is 24.0. The molecule has 0 bridgehead atoms. The van der Waals surface area contributed by atoms with Crippen molar-refractivity contribution in [3.8, 4) is 0 Å². The molecule has 2 amide bonds. The van der Waals surface area contributed by atoms with Gasteiger partial charge in [-0.2, -0.15) is 0 Å². The van der Waals surface area contributed by atoms with E-state index >= 15 is 0 Å². The van der Waals surface area contributed by atoms with Gasteiger partial charge in [0.15, 0.2) is 0 Å². The van der Waals surface area contributed by atoms with E-state index in [0.29, 0.717) is 6.54 Å². The van der Waals surface area contributed by atoms with E-state index in [0.717, 1.165) is 19.0 Å². The SMILES string of the molecule is O=C1[N]CCN1CCC1CCC1. The van der Waals surface area contributed by atoms with Crippen LogP contribution in [0.25, 0.3) is 0 Å². The minimum Gasteiger partial charge on any atom is -0.321 e. The molecule has 1 radical (unpaired) electrons. The first-order valence-electron chi connectivity index (χ1n) is 4.82. The highest BCUT2D eigenvalue weighted by Gasteiger charge is 2.23. The molecule has 0 aromatic rings. The number of carbonyl (C=O) groups excluding carboxylic acids is 1. The summed E-state index contributed by atoms with van der Waals surface area (Å²) in [6, 6.07) is 0.00863. The minimum absolute atomic E-state index is 0.00863. The van der Waals surface area contributed by atoms with Gasteiger partial charge in [0.25, 0.3) is 0 Å². The molecular weight excluding hydrogens is 152 g/mol. The van der Waals surface area contributed by atoms with E-state index in [-0.39, 0.29) is 6.03 Å². The second-order valence-corrected chi connectivity index (χ2v) is 3.74. The topological polar surface area (TPSA) is 34.4 Å².